The molecular weight excluding hydrogens is 230 g/mol. The first-order valence-electron chi connectivity index (χ1n) is 3.46. The Morgan fingerprint density at radius 3 is 2.40 bits per heavy atom. The lowest BCUT2D eigenvalue weighted by molar-refractivity contribution is 0.132. The summed E-state index contributed by atoms with van der Waals surface area (Å²) in [5.74, 6) is -0.807. The van der Waals surface area contributed by atoms with E-state index in [-0.39, 0.29) is 10.9 Å². The summed E-state index contributed by atoms with van der Waals surface area (Å²) in [5.41, 5.74) is 0. The Hall–Kier alpha value is -2.02. The second-order valence-corrected chi connectivity index (χ2v) is 2.52. The van der Waals surface area contributed by atoms with Crippen molar-refractivity contribution in [3.05, 3.63) is 17.4 Å². The number of ether oxygens (including phenoxy) is 2. The number of hydrogen-bond donors (Lipinski definition) is 2. The van der Waals surface area contributed by atoms with Gasteiger partial charge in [-0.2, -0.15) is 0 Å². The van der Waals surface area contributed by atoms with Crippen molar-refractivity contribution in [2.45, 2.75) is 0 Å². The molecule has 0 amide bonds. The van der Waals surface area contributed by atoms with Gasteiger partial charge in [0.25, 0.3) is 0 Å². The molecule has 2 N–H and O–H groups in total. The largest absolute Gasteiger partial charge is 0.511 e. The Balaban J connectivity index is 3.08. The molecule has 0 spiro atoms. The average Bonchev–Trinajstić information content (AvgIpc) is 2.09. The average molecular weight is 234 g/mol. The summed E-state index contributed by atoms with van der Waals surface area (Å²) >= 11 is 5.48. The van der Waals surface area contributed by atoms with Crippen LogP contribution in [0.2, 0.25) is 5.15 Å². The number of carboxylic acid groups (broad SMARTS) is 2. The van der Waals surface area contributed by atoms with Crippen molar-refractivity contribution in [1.82, 2.24) is 4.98 Å². The van der Waals surface area contributed by atoms with Crippen molar-refractivity contribution < 1.29 is 29.3 Å². The van der Waals surface area contributed by atoms with Gasteiger partial charge in [-0.25, -0.2) is 14.6 Å². The summed E-state index contributed by atoms with van der Waals surface area (Å²) in [6.07, 6.45) is -2.12. The topological polar surface area (TPSA) is 106 Å². The highest BCUT2D eigenvalue weighted by molar-refractivity contribution is 6.31. The van der Waals surface area contributed by atoms with E-state index in [1.54, 1.807) is 0 Å². The maximum absolute atomic E-state index is 10.2. The zero-order valence-corrected chi connectivity index (χ0v) is 7.76. The van der Waals surface area contributed by atoms with Gasteiger partial charge in [0, 0.05) is 12.3 Å². The second-order valence-electron chi connectivity index (χ2n) is 2.16. The third-order valence-corrected chi connectivity index (χ3v) is 1.48. The SMILES string of the molecule is O=C(O)Oc1ccnc(Cl)c1OC(=O)O. The van der Waals surface area contributed by atoms with E-state index in [2.05, 4.69) is 14.5 Å². The van der Waals surface area contributed by atoms with Gasteiger partial charge in [0.15, 0.2) is 10.9 Å². The zero-order valence-electron chi connectivity index (χ0n) is 7.01. The van der Waals surface area contributed by atoms with Crippen LogP contribution in [-0.4, -0.2) is 27.5 Å². The van der Waals surface area contributed by atoms with Gasteiger partial charge in [-0.1, -0.05) is 11.6 Å². The lowest BCUT2D eigenvalue weighted by Crippen LogP contribution is -2.09. The van der Waals surface area contributed by atoms with Crippen molar-refractivity contribution in [2.24, 2.45) is 0 Å². The molecule has 0 aromatic carbocycles. The van der Waals surface area contributed by atoms with Crippen LogP contribution in [0.4, 0.5) is 9.59 Å². The number of halogens is 1. The summed E-state index contributed by atoms with van der Waals surface area (Å²) in [7, 11) is 0. The number of hydrogen-bond acceptors (Lipinski definition) is 5. The molecule has 0 radical (unpaired) electrons. The molecule has 0 saturated carbocycles. The molecule has 1 aromatic rings. The fourth-order valence-electron chi connectivity index (χ4n) is 0.761. The summed E-state index contributed by atoms with van der Waals surface area (Å²) in [6, 6.07) is 1.11. The molecule has 1 heterocycles. The highest BCUT2D eigenvalue weighted by Gasteiger charge is 2.16. The van der Waals surface area contributed by atoms with Crippen LogP contribution in [-0.2, 0) is 0 Å². The van der Waals surface area contributed by atoms with E-state index in [1.165, 1.54) is 0 Å². The van der Waals surface area contributed by atoms with Crippen LogP contribution in [0, 0.1) is 0 Å². The van der Waals surface area contributed by atoms with Gasteiger partial charge < -0.3 is 19.7 Å². The minimum Gasteiger partial charge on any atom is -0.449 e. The predicted molar refractivity (Wildman–Crippen MR) is 46.6 cm³/mol. The highest BCUT2D eigenvalue weighted by Crippen LogP contribution is 2.33. The molecule has 0 fully saturated rings. The van der Waals surface area contributed by atoms with E-state index < -0.39 is 18.1 Å². The molecule has 1 rings (SSSR count). The smallest absolute Gasteiger partial charge is 0.449 e. The van der Waals surface area contributed by atoms with E-state index in [0.29, 0.717) is 0 Å². The van der Waals surface area contributed by atoms with Gasteiger partial charge in [-0.3, -0.25) is 0 Å². The Bertz CT molecular complexity index is 406. The second kappa shape index (κ2) is 4.47. The van der Waals surface area contributed by atoms with Gasteiger partial charge in [-0.15, -0.1) is 0 Å². The van der Waals surface area contributed by atoms with E-state index >= 15 is 0 Å². The highest BCUT2D eigenvalue weighted by atomic mass is 35.5. The van der Waals surface area contributed by atoms with Crippen LogP contribution in [0.25, 0.3) is 0 Å². The lowest BCUT2D eigenvalue weighted by atomic mass is 10.4. The standard InChI is InChI=1S/C7H4ClNO6/c8-5-4(15-7(12)13)3(1-2-9-5)14-6(10)11/h1-2H,(H,10,11)(H,12,13). The Morgan fingerprint density at radius 1 is 1.27 bits per heavy atom. The van der Waals surface area contributed by atoms with E-state index in [9.17, 15) is 9.59 Å². The molecule has 0 unspecified atom stereocenters. The quantitative estimate of drug-likeness (QED) is 0.593. The summed E-state index contributed by atoms with van der Waals surface area (Å²) in [4.78, 5) is 24.0. The molecule has 0 aliphatic rings. The van der Waals surface area contributed by atoms with Gasteiger partial charge in [0.05, 0.1) is 0 Å². The molecular formula is C7H4ClNO6. The fourth-order valence-corrected chi connectivity index (χ4v) is 0.949. The number of carbonyl (C=O) groups is 2. The van der Waals surface area contributed by atoms with Crippen LogP contribution >= 0.6 is 11.6 Å². The van der Waals surface area contributed by atoms with Gasteiger partial charge >= 0.3 is 12.3 Å². The molecule has 8 heteroatoms. The molecule has 15 heavy (non-hydrogen) atoms. The van der Waals surface area contributed by atoms with E-state index in [0.717, 1.165) is 12.3 Å². The molecule has 7 nitrogen and oxygen atoms in total. The third-order valence-electron chi connectivity index (χ3n) is 1.21. The van der Waals surface area contributed by atoms with Crippen LogP contribution in [0.5, 0.6) is 11.5 Å². The first-order valence-corrected chi connectivity index (χ1v) is 3.84. The minimum absolute atomic E-state index is 0.309. The maximum atomic E-state index is 10.2. The summed E-state index contributed by atoms with van der Waals surface area (Å²) in [5, 5.41) is 16.4. The molecule has 0 aliphatic heterocycles. The predicted octanol–water partition coefficient (Wildman–Crippen LogP) is 1.85. The zero-order chi connectivity index (χ0) is 11.4. The fraction of sp³-hybridized carbons (Fsp3) is 0. The van der Waals surface area contributed by atoms with Crippen molar-refractivity contribution in [3.8, 4) is 11.5 Å². The molecule has 0 bridgehead atoms. The van der Waals surface area contributed by atoms with Gasteiger partial charge in [-0.05, 0) is 0 Å². The molecule has 0 aliphatic carbocycles. The minimum atomic E-state index is -1.65. The van der Waals surface area contributed by atoms with Crippen LogP contribution in [0.3, 0.4) is 0 Å². The van der Waals surface area contributed by atoms with Crippen LogP contribution in [0.1, 0.15) is 0 Å². The van der Waals surface area contributed by atoms with Crippen molar-refractivity contribution >= 4 is 23.9 Å². The van der Waals surface area contributed by atoms with E-state index in [4.69, 9.17) is 21.8 Å². The van der Waals surface area contributed by atoms with Crippen LogP contribution in [0.15, 0.2) is 12.3 Å². The van der Waals surface area contributed by atoms with E-state index in [1.807, 2.05) is 0 Å². The number of pyridine rings is 1. The van der Waals surface area contributed by atoms with Gasteiger partial charge in [0.1, 0.15) is 0 Å². The third kappa shape index (κ3) is 2.99. The Morgan fingerprint density at radius 2 is 1.87 bits per heavy atom. The Labute approximate surface area is 87.8 Å². The normalized spacial score (nSPS) is 9.40. The van der Waals surface area contributed by atoms with Crippen molar-refractivity contribution in [2.75, 3.05) is 0 Å². The summed E-state index contributed by atoms with van der Waals surface area (Å²) in [6.45, 7) is 0. The van der Waals surface area contributed by atoms with Crippen molar-refractivity contribution in [1.29, 1.82) is 0 Å². The summed E-state index contributed by atoms with van der Waals surface area (Å²) < 4.78 is 8.44. The Kier molecular flexibility index (Phi) is 3.29. The maximum Gasteiger partial charge on any atom is 0.511 e. The monoisotopic (exact) mass is 233 g/mol. The number of aromatic nitrogens is 1. The lowest BCUT2D eigenvalue weighted by Gasteiger charge is -2.06. The van der Waals surface area contributed by atoms with Crippen LogP contribution < -0.4 is 9.47 Å². The first kappa shape index (κ1) is 11.1. The number of nitrogens with zero attached hydrogens (tertiary/aromatic N) is 1. The molecule has 80 valence electrons. The molecule has 0 saturated heterocycles. The molecule has 1 aromatic heterocycles. The van der Waals surface area contributed by atoms with Crippen molar-refractivity contribution in [3.63, 3.8) is 0 Å². The van der Waals surface area contributed by atoms with Gasteiger partial charge in [0.2, 0.25) is 5.75 Å². The number of rotatable bonds is 2. The molecule has 0 atom stereocenters. The first-order chi connectivity index (χ1) is 7.00.